The molecule has 108 valence electrons. The van der Waals surface area contributed by atoms with Crippen LogP contribution < -0.4 is 5.73 Å². The smallest absolute Gasteiger partial charge is 0.118 e. The van der Waals surface area contributed by atoms with Crippen LogP contribution in [0.3, 0.4) is 0 Å². The summed E-state index contributed by atoms with van der Waals surface area (Å²) in [4.78, 5) is 4.87. The van der Waals surface area contributed by atoms with E-state index >= 15 is 0 Å². The van der Waals surface area contributed by atoms with Crippen LogP contribution in [0.5, 0.6) is 0 Å². The summed E-state index contributed by atoms with van der Waals surface area (Å²) >= 11 is 0. The first-order valence-corrected chi connectivity index (χ1v) is 7.46. The standard InChI is InChI=1S/C18H21N3/c1-3-21-17-10-9-13(2)11-16(17)20-18(21)15(12-19)14-7-5-4-6-8-14/h4-11,15H,3,12,19H2,1-2H3. The van der Waals surface area contributed by atoms with Crippen molar-refractivity contribution in [3.63, 3.8) is 0 Å². The van der Waals surface area contributed by atoms with Crippen LogP contribution in [0.2, 0.25) is 0 Å². The van der Waals surface area contributed by atoms with E-state index in [1.54, 1.807) is 0 Å². The van der Waals surface area contributed by atoms with E-state index in [4.69, 9.17) is 10.7 Å². The number of hydrogen-bond acceptors (Lipinski definition) is 2. The molecule has 0 radical (unpaired) electrons. The average molecular weight is 279 g/mol. The van der Waals surface area contributed by atoms with Crippen LogP contribution >= 0.6 is 0 Å². The van der Waals surface area contributed by atoms with Crippen molar-refractivity contribution in [3.05, 3.63) is 65.5 Å². The fourth-order valence-electron chi connectivity index (χ4n) is 2.93. The van der Waals surface area contributed by atoms with Gasteiger partial charge < -0.3 is 10.3 Å². The number of aryl methyl sites for hydroxylation is 2. The summed E-state index contributed by atoms with van der Waals surface area (Å²) in [6.45, 7) is 5.72. The predicted octanol–water partition coefficient (Wildman–Crippen LogP) is 3.46. The number of aromatic nitrogens is 2. The van der Waals surface area contributed by atoms with Gasteiger partial charge in [-0.15, -0.1) is 0 Å². The molecule has 0 spiro atoms. The SMILES string of the molecule is CCn1c(C(CN)c2ccccc2)nc2cc(C)ccc21. The summed E-state index contributed by atoms with van der Waals surface area (Å²) in [5, 5.41) is 0. The first-order chi connectivity index (χ1) is 10.2. The van der Waals surface area contributed by atoms with E-state index in [2.05, 4.69) is 60.9 Å². The number of nitrogens with two attached hydrogens (primary N) is 1. The van der Waals surface area contributed by atoms with E-state index in [1.807, 2.05) is 6.07 Å². The molecule has 0 saturated carbocycles. The molecule has 0 aliphatic rings. The first-order valence-electron chi connectivity index (χ1n) is 7.46. The number of rotatable bonds is 4. The van der Waals surface area contributed by atoms with Crippen LogP contribution in [-0.2, 0) is 6.54 Å². The normalized spacial score (nSPS) is 12.7. The molecule has 2 aromatic carbocycles. The number of benzene rings is 2. The third-order valence-corrected chi connectivity index (χ3v) is 4.00. The highest BCUT2D eigenvalue weighted by molar-refractivity contribution is 5.77. The Labute approximate surface area is 125 Å². The van der Waals surface area contributed by atoms with Crippen molar-refractivity contribution in [2.45, 2.75) is 26.3 Å². The highest BCUT2D eigenvalue weighted by Gasteiger charge is 2.20. The van der Waals surface area contributed by atoms with Gasteiger partial charge in [-0.25, -0.2) is 4.98 Å². The Morgan fingerprint density at radius 1 is 1.14 bits per heavy atom. The molecule has 0 saturated heterocycles. The topological polar surface area (TPSA) is 43.8 Å². The highest BCUT2D eigenvalue weighted by Crippen LogP contribution is 2.27. The first kappa shape index (κ1) is 13.8. The molecule has 0 aliphatic carbocycles. The summed E-state index contributed by atoms with van der Waals surface area (Å²) in [5.74, 6) is 1.20. The molecule has 3 nitrogen and oxygen atoms in total. The highest BCUT2D eigenvalue weighted by atomic mass is 15.1. The number of hydrogen-bond donors (Lipinski definition) is 1. The molecule has 21 heavy (non-hydrogen) atoms. The maximum atomic E-state index is 6.06. The molecule has 0 amide bonds. The van der Waals surface area contributed by atoms with Crippen molar-refractivity contribution in [2.75, 3.05) is 6.54 Å². The third kappa shape index (κ3) is 2.45. The number of nitrogens with zero attached hydrogens (tertiary/aromatic N) is 2. The zero-order valence-electron chi connectivity index (χ0n) is 12.6. The molecular weight excluding hydrogens is 258 g/mol. The monoisotopic (exact) mass is 279 g/mol. The lowest BCUT2D eigenvalue weighted by Gasteiger charge is -2.16. The average Bonchev–Trinajstić information content (AvgIpc) is 2.86. The molecule has 2 N–H and O–H groups in total. The fourth-order valence-corrected chi connectivity index (χ4v) is 2.93. The molecule has 1 aromatic heterocycles. The van der Waals surface area contributed by atoms with Crippen LogP contribution in [0.25, 0.3) is 11.0 Å². The summed E-state index contributed by atoms with van der Waals surface area (Å²) in [7, 11) is 0. The van der Waals surface area contributed by atoms with Gasteiger partial charge in [0.1, 0.15) is 5.82 Å². The van der Waals surface area contributed by atoms with Crippen molar-refractivity contribution < 1.29 is 0 Å². The Morgan fingerprint density at radius 3 is 2.57 bits per heavy atom. The third-order valence-electron chi connectivity index (χ3n) is 4.00. The minimum atomic E-state index is 0.138. The van der Waals surface area contributed by atoms with Crippen LogP contribution in [0.1, 0.15) is 29.8 Å². The van der Waals surface area contributed by atoms with Gasteiger partial charge in [0, 0.05) is 13.1 Å². The lowest BCUT2D eigenvalue weighted by molar-refractivity contribution is 0.660. The van der Waals surface area contributed by atoms with Crippen LogP contribution in [-0.4, -0.2) is 16.1 Å². The van der Waals surface area contributed by atoms with Crippen molar-refractivity contribution in [1.82, 2.24) is 9.55 Å². The molecule has 1 heterocycles. The molecule has 3 rings (SSSR count). The zero-order valence-corrected chi connectivity index (χ0v) is 12.6. The Hall–Kier alpha value is -2.13. The van der Waals surface area contributed by atoms with Gasteiger partial charge in [-0.2, -0.15) is 0 Å². The van der Waals surface area contributed by atoms with Crippen molar-refractivity contribution >= 4 is 11.0 Å². The Balaban J connectivity index is 2.18. The van der Waals surface area contributed by atoms with E-state index in [9.17, 15) is 0 Å². The van der Waals surface area contributed by atoms with E-state index in [-0.39, 0.29) is 5.92 Å². The van der Waals surface area contributed by atoms with Gasteiger partial charge in [0.25, 0.3) is 0 Å². The lowest BCUT2D eigenvalue weighted by atomic mass is 9.98. The molecular formula is C18H21N3. The molecule has 1 atom stereocenters. The summed E-state index contributed by atoms with van der Waals surface area (Å²) in [6, 6.07) is 16.8. The van der Waals surface area contributed by atoms with Gasteiger partial charge in [0.2, 0.25) is 0 Å². The summed E-state index contributed by atoms with van der Waals surface area (Å²) in [6.07, 6.45) is 0. The van der Waals surface area contributed by atoms with E-state index in [0.29, 0.717) is 6.54 Å². The molecule has 0 bridgehead atoms. The molecule has 1 unspecified atom stereocenters. The van der Waals surface area contributed by atoms with E-state index in [0.717, 1.165) is 17.9 Å². The zero-order chi connectivity index (χ0) is 14.8. The van der Waals surface area contributed by atoms with E-state index < -0.39 is 0 Å². The Kier molecular flexibility index (Phi) is 3.76. The largest absolute Gasteiger partial charge is 0.329 e. The Bertz CT molecular complexity index is 744. The quantitative estimate of drug-likeness (QED) is 0.795. The molecule has 3 aromatic rings. The molecule has 0 aliphatic heterocycles. The van der Waals surface area contributed by atoms with Gasteiger partial charge in [-0.1, -0.05) is 36.4 Å². The second kappa shape index (κ2) is 5.70. The molecule has 3 heteroatoms. The van der Waals surface area contributed by atoms with Crippen molar-refractivity contribution in [3.8, 4) is 0 Å². The number of fused-ring (bicyclic) bond motifs is 1. The minimum Gasteiger partial charge on any atom is -0.329 e. The van der Waals surface area contributed by atoms with Crippen LogP contribution in [0.15, 0.2) is 48.5 Å². The maximum absolute atomic E-state index is 6.06. The van der Waals surface area contributed by atoms with Crippen molar-refractivity contribution in [2.24, 2.45) is 5.73 Å². The lowest BCUT2D eigenvalue weighted by Crippen LogP contribution is -2.18. The summed E-state index contributed by atoms with van der Waals surface area (Å²) < 4.78 is 2.28. The Morgan fingerprint density at radius 2 is 1.90 bits per heavy atom. The van der Waals surface area contributed by atoms with Gasteiger partial charge in [-0.05, 0) is 37.1 Å². The van der Waals surface area contributed by atoms with E-state index in [1.165, 1.54) is 16.6 Å². The minimum absolute atomic E-state index is 0.138. The van der Waals surface area contributed by atoms with Crippen LogP contribution in [0, 0.1) is 6.92 Å². The second-order valence-electron chi connectivity index (χ2n) is 5.41. The van der Waals surface area contributed by atoms with Gasteiger partial charge in [0.05, 0.1) is 17.0 Å². The summed E-state index contributed by atoms with van der Waals surface area (Å²) in [5.41, 5.74) is 10.8. The van der Waals surface area contributed by atoms with Gasteiger partial charge in [0.15, 0.2) is 0 Å². The fraction of sp³-hybridized carbons (Fsp3) is 0.278. The predicted molar refractivity (Wildman–Crippen MR) is 87.5 cm³/mol. The van der Waals surface area contributed by atoms with Crippen LogP contribution in [0.4, 0.5) is 0 Å². The molecule has 0 fully saturated rings. The number of imidazole rings is 1. The van der Waals surface area contributed by atoms with Gasteiger partial charge in [-0.3, -0.25) is 0 Å². The second-order valence-corrected chi connectivity index (χ2v) is 5.41. The van der Waals surface area contributed by atoms with Crippen molar-refractivity contribution in [1.29, 1.82) is 0 Å². The maximum Gasteiger partial charge on any atom is 0.118 e. The van der Waals surface area contributed by atoms with Gasteiger partial charge >= 0.3 is 0 Å².